The van der Waals surface area contributed by atoms with Gasteiger partial charge >= 0.3 is 12.1 Å². The molecule has 0 saturated heterocycles. The molecule has 0 spiro atoms. The highest BCUT2D eigenvalue weighted by molar-refractivity contribution is 5.92. The molecule has 4 amide bonds. The third-order valence-corrected chi connectivity index (χ3v) is 4.84. The molecule has 1 saturated carbocycles. The fraction of sp³-hybridized carbons (Fsp3) is 0.667. The quantitative estimate of drug-likeness (QED) is 0.579. The first kappa shape index (κ1) is 21.7. The molecule has 0 radical (unpaired) electrons. The fourth-order valence-corrected chi connectivity index (χ4v) is 3.40. The normalized spacial score (nSPS) is 16.6. The minimum absolute atomic E-state index is 0.00822. The molecule has 1 aliphatic rings. The largest absolute Gasteiger partial charge is 0.443 e. The maximum atomic E-state index is 12.9. The molecule has 1 aromatic heterocycles. The highest BCUT2D eigenvalue weighted by Gasteiger charge is 2.55. The molecule has 0 aliphatic heterocycles. The minimum Gasteiger partial charge on any atom is -0.443 e. The summed E-state index contributed by atoms with van der Waals surface area (Å²) in [5, 5.41) is 15.5. The zero-order valence-electron chi connectivity index (χ0n) is 17.0. The summed E-state index contributed by atoms with van der Waals surface area (Å²) in [7, 11) is 1.69. The number of nitrogens with two attached hydrogens (primary N) is 1. The van der Waals surface area contributed by atoms with Gasteiger partial charge in [-0.1, -0.05) is 0 Å². The number of ether oxygens (including phenoxy) is 1. The first-order valence-electron chi connectivity index (χ1n) is 9.25. The van der Waals surface area contributed by atoms with Crippen LogP contribution in [0.4, 0.5) is 9.59 Å². The van der Waals surface area contributed by atoms with Crippen molar-refractivity contribution in [2.75, 3.05) is 6.54 Å². The monoisotopic (exact) mass is 395 g/mol. The van der Waals surface area contributed by atoms with E-state index in [1.54, 1.807) is 47.0 Å². The van der Waals surface area contributed by atoms with Gasteiger partial charge in [-0.05, 0) is 53.0 Å². The molecule has 0 aromatic carbocycles. The Morgan fingerprint density at radius 3 is 2.36 bits per heavy atom. The Balaban J connectivity index is 2.34. The molecule has 1 atom stereocenters. The van der Waals surface area contributed by atoms with Crippen molar-refractivity contribution in [2.24, 2.45) is 12.8 Å². The number of hydrogen-bond donors (Lipinski definition) is 2. The van der Waals surface area contributed by atoms with Crippen molar-refractivity contribution < 1.29 is 24.3 Å². The average Bonchev–Trinajstić information content (AvgIpc) is 2.94. The molecule has 2 rings (SSSR count). The molecule has 1 fully saturated rings. The lowest BCUT2D eigenvalue weighted by Crippen LogP contribution is -2.63. The number of amides is 4. The zero-order valence-corrected chi connectivity index (χ0v) is 17.0. The van der Waals surface area contributed by atoms with Crippen molar-refractivity contribution in [2.45, 2.75) is 64.0 Å². The van der Waals surface area contributed by atoms with Crippen molar-refractivity contribution >= 4 is 18.0 Å². The molecular weight excluding hydrogens is 366 g/mol. The number of hydroxylamine groups is 2. The van der Waals surface area contributed by atoms with E-state index in [9.17, 15) is 19.6 Å². The second-order valence-corrected chi connectivity index (χ2v) is 8.03. The first-order chi connectivity index (χ1) is 12.9. The third kappa shape index (κ3) is 4.11. The van der Waals surface area contributed by atoms with E-state index in [-0.39, 0.29) is 6.54 Å². The van der Waals surface area contributed by atoms with Crippen LogP contribution in [-0.4, -0.2) is 60.7 Å². The summed E-state index contributed by atoms with van der Waals surface area (Å²) in [4.78, 5) is 38.4. The van der Waals surface area contributed by atoms with Crippen LogP contribution in [0.2, 0.25) is 0 Å². The van der Waals surface area contributed by atoms with Gasteiger partial charge in [-0.25, -0.2) is 14.5 Å². The summed E-state index contributed by atoms with van der Waals surface area (Å²) >= 11 is 0. The second-order valence-electron chi connectivity index (χ2n) is 8.03. The molecule has 1 unspecified atom stereocenters. The lowest BCUT2D eigenvalue weighted by Gasteiger charge is -2.50. The van der Waals surface area contributed by atoms with Crippen LogP contribution in [0, 0.1) is 0 Å². The SMILES string of the molecule is CCN(C(=O)OC(C)(C)C)C(=O)N(O)C1(C(C(N)=O)c2ccn(C)n2)CCC1. The lowest BCUT2D eigenvalue weighted by molar-refractivity contribution is -0.177. The fourth-order valence-electron chi connectivity index (χ4n) is 3.40. The van der Waals surface area contributed by atoms with Crippen molar-refractivity contribution in [3.05, 3.63) is 18.0 Å². The van der Waals surface area contributed by atoms with Gasteiger partial charge < -0.3 is 10.5 Å². The Morgan fingerprint density at radius 1 is 1.39 bits per heavy atom. The van der Waals surface area contributed by atoms with Gasteiger partial charge in [0.25, 0.3) is 0 Å². The maximum absolute atomic E-state index is 12.9. The van der Waals surface area contributed by atoms with Gasteiger partial charge in [0.2, 0.25) is 5.91 Å². The van der Waals surface area contributed by atoms with E-state index in [1.165, 1.54) is 4.68 Å². The number of aryl methyl sites for hydroxylation is 1. The highest BCUT2D eigenvalue weighted by Crippen LogP contribution is 2.47. The zero-order chi connectivity index (χ0) is 21.3. The van der Waals surface area contributed by atoms with Gasteiger partial charge in [0.1, 0.15) is 11.5 Å². The predicted molar refractivity (Wildman–Crippen MR) is 99.4 cm³/mol. The molecule has 156 valence electrons. The number of rotatable bonds is 5. The van der Waals surface area contributed by atoms with Crippen LogP contribution in [-0.2, 0) is 16.6 Å². The smallest absolute Gasteiger partial charge is 0.418 e. The number of carbonyl (C=O) groups is 3. The first-order valence-corrected chi connectivity index (χ1v) is 9.25. The van der Waals surface area contributed by atoms with E-state index < -0.39 is 35.1 Å². The van der Waals surface area contributed by atoms with Gasteiger partial charge in [0.15, 0.2) is 0 Å². The van der Waals surface area contributed by atoms with Crippen LogP contribution in [0.5, 0.6) is 0 Å². The van der Waals surface area contributed by atoms with Crippen molar-refractivity contribution in [3.63, 3.8) is 0 Å². The number of carbonyl (C=O) groups excluding carboxylic acids is 3. The van der Waals surface area contributed by atoms with E-state index in [4.69, 9.17) is 10.5 Å². The summed E-state index contributed by atoms with van der Waals surface area (Å²) in [6.07, 6.45) is 2.18. The van der Waals surface area contributed by atoms with Gasteiger partial charge in [-0.2, -0.15) is 10.2 Å². The van der Waals surface area contributed by atoms with E-state index in [0.29, 0.717) is 30.0 Å². The number of aromatic nitrogens is 2. The van der Waals surface area contributed by atoms with Crippen LogP contribution in [0.3, 0.4) is 0 Å². The molecule has 28 heavy (non-hydrogen) atoms. The second kappa shape index (κ2) is 7.78. The number of primary amides is 1. The summed E-state index contributed by atoms with van der Waals surface area (Å²) in [6.45, 7) is 6.62. The van der Waals surface area contributed by atoms with Crippen LogP contribution >= 0.6 is 0 Å². The van der Waals surface area contributed by atoms with Crippen molar-refractivity contribution in [3.8, 4) is 0 Å². The van der Waals surface area contributed by atoms with Crippen LogP contribution in [0.25, 0.3) is 0 Å². The third-order valence-electron chi connectivity index (χ3n) is 4.84. The molecule has 1 aliphatic carbocycles. The van der Waals surface area contributed by atoms with Crippen molar-refractivity contribution in [1.82, 2.24) is 19.7 Å². The Hall–Kier alpha value is -2.62. The number of urea groups is 1. The van der Waals surface area contributed by atoms with Gasteiger partial charge in [-0.3, -0.25) is 14.7 Å². The van der Waals surface area contributed by atoms with Gasteiger partial charge in [0, 0.05) is 19.8 Å². The van der Waals surface area contributed by atoms with E-state index in [0.717, 1.165) is 4.90 Å². The Bertz CT molecular complexity index is 750. The van der Waals surface area contributed by atoms with E-state index in [2.05, 4.69) is 5.10 Å². The minimum atomic E-state index is -1.26. The van der Waals surface area contributed by atoms with E-state index in [1.807, 2.05) is 0 Å². The average molecular weight is 395 g/mol. The molecule has 3 N–H and O–H groups in total. The van der Waals surface area contributed by atoms with Crippen LogP contribution < -0.4 is 5.73 Å². The molecule has 1 aromatic rings. The highest BCUT2D eigenvalue weighted by atomic mass is 16.6. The topological polar surface area (TPSA) is 131 Å². The molecule has 10 heteroatoms. The van der Waals surface area contributed by atoms with Crippen LogP contribution in [0.15, 0.2) is 12.3 Å². The summed E-state index contributed by atoms with van der Waals surface area (Å²) in [5.74, 6) is -1.71. The molecule has 10 nitrogen and oxygen atoms in total. The number of nitrogens with zero attached hydrogens (tertiary/aromatic N) is 4. The number of hydrogen-bond acceptors (Lipinski definition) is 6. The molecule has 0 bridgehead atoms. The molecular formula is C18H29N5O5. The Morgan fingerprint density at radius 2 is 2.00 bits per heavy atom. The Kier molecular flexibility index (Phi) is 6.03. The Labute approximate surface area is 164 Å². The van der Waals surface area contributed by atoms with Gasteiger partial charge in [-0.15, -0.1) is 0 Å². The number of imide groups is 1. The maximum Gasteiger partial charge on any atom is 0.418 e. The summed E-state index contributed by atoms with van der Waals surface area (Å²) in [5.41, 5.74) is 3.92. The van der Waals surface area contributed by atoms with Crippen molar-refractivity contribution in [1.29, 1.82) is 0 Å². The predicted octanol–water partition coefficient (Wildman–Crippen LogP) is 1.98. The molecule has 1 heterocycles. The van der Waals surface area contributed by atoms with Crippen LogP contribution in [0.1, 0.15) is 58.6 Å². The standard InChI is InChI=1S/C18H29N5O5/c1-6-22(16(26)28-17(2,3)4)15(25)23(27)18(9-7-10-18)13(14(19)24)12-8-11-21(5)20-12/h8,11,13,27H,6-7,9-10H2,1-5H3,(H2,19,24). The summed E-state index contributed by atoms with van der Waals surface area (Å²) in [6, 6.07) is 0.665. The summed E-state index contributed by atoms with van der Waals surface area (Å²) < 4.78 is 6.76. The van der Waals surface area contributed by atoms with E-state index >= 15 is 0 Å². The lowest BCUT2D eigenvalue weighted by atomic mass is 9.66. The van der Waals surface area contributed by atoms with Gasteiger partial charge in [0.05, 0.1) is 11.2 Å².